The van der Waals surface area contributed by atoms with Gasteiger partial charge in [0.15, 0.2) is 6.61 Å². The molecule has 0 atom stereocenters. The molecular weight excluding hydrogens is 338 g/mol. The van der Waals surface area contributed by atoms with E-state index in [9.17, 15) is 9.59 Å². The van der Waals surface area contributed by atoms with Gasteiger partial charge in [0.1, 0.15) is 5.75 Å². The van der Waals surface area contributed by atoms with Gasteiger partial charge in [-0.3, -0.25) is 20.4 Å². The van der Waals surface area contributed by atoms with Gasteiger partial charge < -0.3 is 4.74 Å². The second kappa shape index (κ2) is 9.35. The first kappa shape index (κ1) is 18.4. The van der Waals surface area contributed by atoms with Crippen molar-refractivity contribution in [2.24, 2.45) is 0 Å². The Bertz CT molecular complexity index is 768. The van der Waals surface area contributed by atoms with Crippen LogP contribution in [0.4, 0.5) is 0 Å². The van der Waals surface area contributed by atoms with E-state index in [1.54, 1.807) is 30.5 Å². The number of benzene rings is 2. The Morgan fingerprint density at radius 2 is 1.56 bits per heavy atom. The van der Waals surface area contributed by atoms with Gasteiger partial charge in [0.25, 0.3) is 5.91 Å². The van der Waals surface area contributed by atoms with E-state index in [0.717, 1.165) is 11.1 Å². The molecular formula is C18H17N3O3S. The van der Waals surface area contributed by atoms with E-state index in [1.165, 1.54) is 11.8 Å². The molecule has 2 aromatic carbocycles. The molecule has 2 rings (SSSR count). The molecule has 0 saturated carbocycles. The minimum absolute atomic E-state index is 0.199. The Hall–Kier alpha value is -2.98. The molecule has 2 N–H and O–H groups in total. The van der Waals surface area contributed by atoms with Crippen molar-refractivity contribution in [3.8, 4) is 22.9 Å². The van der Waals surface area contributed by atoms with Crippen molar-refractivity contribution in [1.82, 2.24) is 10.9 Å². The maximum absolute atomic E-state index is 11.6. The van der Waals surface area contributed by atoms with E-state index < -0.39 is 5.91 Å². The Kier molecular flexibility index (Phi) is 6.87. The fourth-order valence-electron chi connectivity index (χ4n) is 1.97. The van der Waals surface area contributed by atoms with Crippen molar-refractivity contribution in [3.05, 3.63) is 54.1 Å². The van der Waals surface area contributed by atoms with Gasteiger partial charge in [0.2, 0.25) is 5.91 Å². The van der Waals surface area contributed by atoms with Crippen molar-refractivity contribution in [2.75, 3.05) is 18.6 Å². The lowest BCUT2D eigenvalue weighted by molar-refractivity contribution is -0.128. The third-order valence-corrected chi connectivity index (χ3v) is 3.74. The zero-order valence-corrected chi connectivity index (χ0v) is 14.4. The number of hydrogen-bond acceptors (Lipinski definition) is 5. The van der Waals surface area contributed by atoms with Crippen LogP contribution in [0, 0.1) is 11.3 Å². The van der Waals surface area contributed by atoms with Crippen molar-refractivity contribution in [1.29, 1.82) is 5.26 Å². The molecule has 6 nitrogen and oxygen atoms in total. The molecule has 0 aliphatic rings. The summed E-state index contributed by atoms with van der Waals surface area (Å²) in [6.45, 7) is -0.199. The highest BCUT2D eigenvalue weighted by Gasteiger charge is 2.05. The van der Waals surface area contributed by atoms with E-state index in [1.807, 2.05) is 24.3 Å². The normalized spacial score (nSPS) is 9.76. The van der Waals surface area contributed by atoms with Gasteiger partial charge in [-0.25, -0.2) is 0 Å². The van der Waals surface area contributed by atoms with Crippen LogP contribution in [-0.4, -0.2) is 30.4 Å². The second-order valence-electron chi connectivity index (χ2n) is 5.03. The molecule has 7 heteroatoms. The first-order valence-corrected chi connectivity index (χ1v) is 8.82. The van der Waals surface area contributed by atoms with Gasteiger partial charge in [0, 0.05) is 0 Å². The number of ether oxygens (including phenoxy) is 1. The highest BCUT2D eigenvalue weighted by Crippen LogP contribution is 2.22. The number of nitrogens with one attached hydrogen (secondary N) is 2. The molecule has 0 bridgehead atoms. The Morgan fingerprint density at radius 3 is 2.12 bits per heavy atom. The van der Waals surface area contributed by atoms with E-state index >= 15 is 0 Å². The number of nitriles is 1. The van der Waals surface area contributed by atoms with Crippen LogP contribution in [0.25, 0.3) is 11.1 Å². The fraction of sp³-hybridized carbons (Fsp3) is 0.167. The first-order valence-electron chi connectivity index (χ1n) is 7.42. The molecule has 0 radical (unpaired) electrons. The van der Waals surface area contributed by atoms with Gasteiger partial charge in [0.05, 0.1) is 17.4 Å². The maximum atomic E-state index is 11.6. The van der Waals surface area contributed by atoms with Crippen LogP contribution >= 0.6 is 11.8 Å². The van der Waals surface area contributed by atoms with Crippen LogP contribution in [-0.2, 0) is 9.59 Å². The average Bonchev–Trinajstić information content (AvgIpc) is 2.65. The molecule has 2 amide bonds. The number of carbonyl (C=O) groups excluding carboxylic acids is 2. The SMILES string of the molecule is CSCC(=O)NNC(=O)COc1ccc(-c2ccc(C#N)cc2)cc1. The summed E-state index contributed by atoms with van der Waals surface area (Å²) in [5, 5.41) is 8.81. The van der Waals surface area contributed by atoms with Crippen LogP contribution in [0.3, 0.4) is 0 Å². The van der Waals surface area contributed by atoms with Gasteiger partial charge in [-0.15, -0.1) is 0 Å². The lowest BCUT2D eigenvalue weighted by Crippen LogP contribution is -2.44. The van der Waals surface area contributed by atoms with Gasteiger partial charge in [-0.1, -0.05) is 24.3 Å². The second-order valence-corrected chi connectivity index (χ2v) is 5.90. The average molecular weight is 355 g/mol. The summed E-state index contributed by atoms with van der Waals surface area (Å²) in [4.78, 5) is 22.8. The van der Waals surface area contributed by atoms with Gasteiger partial charge >= 0.3 is 0 Å². The number of amides is 2. The summed E-state index contributed by atoms with van der Waals surface area (Å²) < 4.78 is 5.38. The van der Waals surface area contributed by atoms with Crippen LogP contribution in [0.15, 0.2) is 48.5 Å². The van der Waals surface area contributed by atoms with Crippen LogP contribution in [0.2, 0.25) is 0 Å². The zero-order chi connectivity index (χ0) is 18.1. The van der Waals surface area contributed by atoms with Gasteiger partial charge in [-0.2, -0.15) is 17.0 Å². The Morgan fingerprint density at radius 1 is 1.00 bits per heavy atom. The number of rotatable bonds is 6. The minimum atomic E-state index is -0.439. The van der Waals surface area contributed by atoms with E-state index in [0.29, 0.717) is 11.3 Å². The quantitative estimate of drug-likeness (QED) is 0.775. The molecule has 0 saturated heterocycles. The molecule has 25 heavy (non-hydrogen) atoms. The molecule has 0 aromatic heterocycles. The lowest BCUT2D eigenvalue weighted by Gasteiger charge is -2.09. The summed E-state index contributed by atoms with van der Waals surface area (Å²) in [6.07, 6.45) is 1.80. The summed E-state index contributed by atoms with van der Waals surface area (Å²) in [7, 11) is 0. The molecule has 128 valence electrons. The fourth-order valence-corrected chi connectivity index (χ4v) is 2.31. The summed E-state index contributed by atoms with van der Waals surface area (Å²) >= 11 is 1.36. The van der Waals surface area contributed by atoms with E-state index in [4.69, 9.17) is 10.00 Å². The van der Waals surface area contributed by atoms with Gasteiger partial charge in [-0.05, 0) is 41.6 Å². The van der Waals surface area contributed by atoms with Crippen LogP contribution in [0.5, 0.6) is 5.75 Å². The zero-order valence-electron chi connectivity index (χ0n) is 13.6. The van der Waals surface area contributed by atoms with E-state index in [-0.39, 0.29) is 18.3 Å². The van der Waals surface area contributed by atoms with Crippen molar-refractivity contribution < 1.29 is 14.3 Å². The van der Waals surface area contributed by atoms with Crippen LogP contribution in [0.1, 0.15) is 5.56 Å². The van der Waals surface area contributed by atoms with Crippen molar-refractivity contribution in [3.63, 3.8) is 0 Å². The summed E-state index contributed by atoms with van der Waals surface area (Å²) in [5.74, 6) is 0.110. The molecule has 0 unspecified atom stereocenters. The molecule has 0 heterocycles. The van der Waals surface area contributed by atoms with Crippen LogP contribution < -0.4 is 15.6 Å². The third kappa shape index (κ3) is 5.86. The summed E-state index contributed by atoms with van der Waals surface area (Å²) in [6, 6.07) is 16.6. The van der Waals surface area contributed by atoms with Crippen molar-refractivity contribution >= 4 is 23.6 Å². The Labute approximate surface area is 150 Å². The third-order valence-electron chi connectivity index (χ3n) is 3.19. The standard InChI is InChI=1S/C18H17N3O3S/c1-25-12-18(23)21-20-17(22)11-24-16-8-6-15(7-9-16)14-4-2-13(10-19)3-5-14/h2-9H,11-12H2,1H3,(H,20,22)(H,21,23). The molecule has 0 aliphatic carbocycles. The predicted octanol–water partition coefficient (Wildman–Crippen LogP) is 2.11. The lowest BCUT2D eigenvalue weighted by atomic mass is 10.0. The highest BCUT2D eigenvalue weighted by molar-refractivity contribution is 7.99. The summed E-state index contributed by atoms with van der Waals surface area (Å²) in [5.41, 5.74) is 7.15. The molecule has 0 spiro atoms. The van der Waals surface area contributed by atoms with E-state index in [2.05, 4.69) is 16.9 Å². The minimum Gasteiger partial charge on any atom is -0.484 e. The molecule has 2 aromatic rings. The number of hydrogen-bond donors (Lipinski definition) is 2. The number of thioether (sulfide) groups is 1. The predicted molar refractivity (Wildman–Crippen MR) is 96.8 cm³/mol. The molecule has 0 aliphatic heterocycles. The topological polar surface area (TPSA) is 91.2 Å². The molecule has 0 fully saturated rings. The highest BCUT2D eigenvalue weighted by atomic mass is 32.2. The smallest absolute Gasteiger partial charge is 0.276 e. The maximum Gasteiger partial charge on any atom is 0.276 e. The first-order chi connectivity index (χ1) is 12.1. The number of hydrazine groups is 1. The largest absolute Gasteiger partial charge is 0.484 e. The number of carbonyl (C=O) groups is 2. The van der Waals surface area contributed by atoms with Crippen molar-refractivity contribution in [2.45, 2.75) is 0 Å². The number of nitrogens with zero attached hydrogens (tertiary/aromatic N) is 1. The monoisotopic (exact) mass is 355 g/mol. The Balaban J connectivity index is 1.84.